The Morgan fingerprint density at radius 2 is 1.08 bits per heavy atom. The molecule has 0 unspecified atom stereocenters. The van der Waals surface area contributed by atoms with Crippen LogP contribution in [0, 0.1) is 0 Å². The zero-order chi connectivity index (χ0) is 27.8. The summed E-state index contributed by atoms with van der Waals surface area (Å²) in [7, 11) is 1.89. The van der Waals surface area contributed by atoms with Crippen LogP contribution in [0.2, 0.25) is 0 Å². The Balaban J connectivity index is 4.84. The lowest BCUT2D eigenvalue weighted by Crippen LogP contribution is -2.49. The molecule has 0 aromatic heterocycles. The SMILES string of the molecule is N[C@@H](CCC(=O)N[C@@H](CSSC[C@H](NC(=O)CC[C@H](N)C(=O)O)C(=O)NCC(=O)O)C(=O)O)C(=O)O. The second kappa shape index (κ2) is 17.4. The van der Waals surface area contributed by atoms with Crippen LogP contribution in [-0.2, 0) is 33.6 Å². The Bertz CT molecular complexity index is 829. The van der Waals surface area contributed by atoms with Gasteiger partial charge in [0.25, 0.3) is 0 Å². The summed E-state index contributed by atoms with van der Waals surface area (Å²) in [6.07, 6.45) is -1.02. The molecular weight excluding hydrogens is 526 g/mol. The molecule has 0 saturated carbocycles. The van der Waals surface area contributed by atoms with Gasteiger partial charge in [-0.1, -0.05) is 21.6 Å². The van der Waals surface area contributed by atoms with Gasteiger partial charge in [0.15, 0.2) is 0 Å². The molecule has 4 atom stereocenters. The molecule has 204 valence electrons. The zero-order valence-corrected chi connectivity index (χ0v) is 20.5. The number of amides is 3. The molecule has 16 nitrogen and oxygen atoms in total. The van der Waals surface area contributed by atoms with Crippen molar-refractivity contribution in [3.8, 4) is 0 Å². The van der Waals surface area contributed by atoms with Crippen LogP contribution in [-0.4, -0.2) is 104 Å². The quantitative estimate of drug-likeness (QED) is 0.0567. The van der Waals surface area contributed by atoms with E-state index in [1.54, 1.807) is 0 Å². The van der Waals surface area contributed by atoms with Crippen molar-refractivity contribution in [3.05, 3.63) is 0 Å². The van der Waals surface area contributed by atoms with Crippen LogP contribution in [0.25, 0.3) is 0 Å². The van der Waals surface area contributed by atoms with Crippen LogP contribution in [0.15, 0.2) is 0 Å². The molecule has 0 saturated heterocycles. The number of nitrogens with two attached hydrogens (primary N) is 2. The van der Waals surface area contributed by atoms with Gasteiger partial charge in [-0.3, -0.25) is 28.8 Å². The van der Waals surface area contributed by atoms with Crippen molar-refractivity contribution in [2.75, 3.05) is 18.1 Å². The van der Waals surface area contributed by atoms with E-state index in [1.807, 2.05) is 0 Å². The van der Waals surface area contributed by atoms with Crippen molar-refractivity contribution in [2.24, 2.45) is 11.5 Å². The van der Waals surface area contributed by atoms with Crippen LogP contribution < -0.4 is 27.4 Å². The van der Waals surface area contributed by atoms with Gasteiger partial charge in [-0.2, -0.15) is 0 Å². The Hall–Kier alpha value is -3.09. The first kappa shape index (κ1) is 32.9. The minimum absolute atomic E-state index is 0.124. The number of carbonyl (C=O) groups excluding carboxylic acids is 3. The van der Waals surface area contributed by atoms with E-state index in [0.717, 1.165) is 21.6 Å². The molecule has 0 aliphatic carbocycles. The summed E-state index contributed by atoms with van der Waals surface area (Å²) in [5.41, 5.74) is 10.6. The third-order valence-corrected chi connectivity index (χ3v) is 6.67. The van der Waals surface area contributed by atoms with Crippen molar-refractivity contribution in [1.29, 1.82) is 0 Å². The maximum Gasteiger partial charge on any atom is 0.327 e. The van der Waals surface area contributed by atoms with Gasteiger partial charge in [0, 0.05) is 24.3 Å². The summed E-state index contributed by atoms with van der Waals surface area (Å²) in [6.45, 7) is -0.717. The molecule has 0 aromatic rings. The molecule has 0 radical (unpaired) electrons. The van der Waals surface area contributed by atoms with Crippen LogP contribution in [0.1, 0.15) is 25.7 Å². The number of carbonyl (C=O) groups is 7. The van der Waals surface area contributed by atoms with Gasteiger partial charge in [0.2, 0.25) is 17.7 Å². The van der Waals surface area contributed by atoms with Crippen LogP contribution >= 0.6 is 21.6 Å². The zero-order valence-electron chi connectivity index (χ0n) is 18.9. The van der Waals surface area contributed by atoms with Gasteiger partial charge in [-0.15, -0.1) is 0 Å². The monoisotopic (exact) mass is 555 g/mol. The van der Waals surface area contributed by atoms with Gasteiger partial charge in [0.05, 0.1) is 0 Å². The molecular formula is C18H29N5O11S2. The predicted octanol–water partition coefficient (Wildman–Crippen LogP) is -2.99. The first-order chi connectivity index (χ1) is 16.7. The number of rotatable bonds is 19. The summed E-state index contributed by atoms with van der Waals surface area (Å²) in [5.74, 6) is -7.85. The Kier molecular flexibility index (Phi) is 15.9. The van der Waals surface area contributed by atoms with E-state index in [1.165, 1.54) is 0 Å². The molecule has 0 fully saturated rings. The second-order valence-electron chi connectivity index (χ2n) is 7.23. The highest BCUT2D eigenvalue weighted by Crippen LogP contribution is 2.23. The minimum Gasteiger partial charge on any atom is -0.480 e. The van der Waals surface area contributed by atoms with Crippen molar-refractivity contribution in [2.45, 2.75) is 49.9 Å². The average Bonchev–Trinajstić information content (AvgIpc) is 2.79. The highest BCUT2D eigenvalue weighted by atomic mass is 33.1. The van der Waals surface area contributed by atoms with Crippen LogP contribution in [0.3, 0.4) is 0 Å². The third-order valence-electron chi connectivity index (χ3n) is 4.25. The van der Waals surface area contributed by atoms with Crippen LogP contribution in [0.4, 0.5) is 0 Å². The molecule has 11 N–H and O–H groups in total. The van der Waals surface area contributed by atoms with Gasteiger partial charge in [-0.05, 0) is 12.8 Å². The lowest BCUT2D eigenvalue weighted by molar-refractivity contribution is -0.141. The molecule has 0 bridgehead atoms. The molecule has 0 aromatic carbocycles. The van der Waals surface area contributed by atoms with Crippen molar-refractivity contribution >= 4 is 63.2 Å². The number of hydrogen-bond acceptors (Lipinski definition) is 11. The van der Waals surface area contributed by atoms with E-state index in [2.05, 4.69) is 16.0 Å². The Labute approximate surface area is 212 Å². The third kappa shape index (κ3) is 15.0. The lowest BCUT2D eigenvalue weighted by Gasteiger charge is -2.19. The molecule has 18 heteroatoms. The highest BCUT2D eigenvalue weighted by molar-refractivity contribution is 8.76. The smallest absolute Gasteiger partial charge is 0.327 e. The first-order valence-corrected chi connectivity index (χ1v) is 12.8. The fraction of sp³-hybridized carbons (Fsp3) is 0.611. The van der Waals surface area contributed by atoms with Gasteiger partial charge in [-0.25, -0.2) is 4.79 Å². The predicted molar refractivity (Wildman–Crippen MR) is 127 cm³/mol. The summed E-state index contributed by atoms with van der Waals surface area (Å²) in [6, 6.07) is -5.14. The van der Waals surface area contributed by atoms with Crippen LogP contribution in [0.5, 0.6) is 0 Å². The summed E-state index contributed by atoms with van der Waals surface area (Å²) >= 11 is 0. The first-order valence-electron chi connectivity index (χ1n) is 10.3. The largest absolute Gasteiger partial charge is 0.480 e. The molecule has 0 aliphatic heterocycles. The number of aliphatic carboxylic acids is 4. The van der Waals surface area contributed by atoms with Gasteiger partial charge < -0.3 is 47.8 Å². The molecule has 0 heterocycles. The fourth-order valence-electron chi connectivity index (χ4n) is 2.23. The molecule has 0 aliphatic rings. The number of hydrogen-bond donors (Lipinski definition) is 9. The number of nitrogens with one attached hydrogen (secondary N) is 3. The Morgan fingerprint density at radius 3 is 1.47 bits per heavy atom. The highest BCUT2D eigenvalue weighted by Gasteiger charge is 2.25. The van der Waals surface area contributed by atoms with E-state index in [9.17, 15) is 38.7 Å². The summed E-state index contributed by atoms with van der Waals surface area (Å²) in [4.78, 5) is 79.7. The minimum atomic E-state index is -1.36. The van der Waals surface area contributed by atoms with Crippen molar-refractivity contribution in [3.63, 3.8) is 0 Å². The fourth-order valence-corrected chi connectivity index (χ4v) is 4.55. The number of carboxylic acid groups (broad SMARTS) is 4. The van der Waals surface area contributed by atoms with E-state index < -0.39 is 72.3 Å². The Morgan fingerprint density at radius 1 is 0.667 bits per heavy atom. The van der Waals surface area contributed by atoms with E-state index in [4.69, 9.17) is 26.8 Å². The van der Waals surface area contributed by atoms with E-state index >= 15 is 0 Å². The lowest BCUT2D eigenvalue weighted by atomic mass is 10.1. The second-order valence-corrected chi connectivity index (χ2v) is 9.78. The van der Waals surface area contributed by atoms with Crippen molar-refractivity contribution < 1.29 is 54.0 Å². The van der Waals surface area contributed by atoms with Crippen molar-refractivity contribution in [1.82, 2.24) is 16.0 Å². The molecule has 3 amide bonds. The maximum absolute atomic E-state index is 12.3. The summed E-state index contributed by atoms with van der Waals surface area (Å²) in [5, 5.41) is 42.1. The molecule has 36 heavy (non-hydrogen) atoms. The average molecular weight is 556 g/mol. The maximum atomic E-state index is 12.3. The normalized spacial score (nSPS) is 13.9. The van der Waals surface area contributed by atoms with E-state index in [0.29, 0.717) is 0 Å². The molecule has 0 spiro atoms. The van der Waals surface area contributed by atoms with Gasteiger partial charge in [0.1, 0.15) is 30.7 Å². The standard InChI is InChI=1S/C18H29N5O11S2/c19-8(16(29)30)1-3-12(24)22-10(15(28)21-5-14(26)27)6-35-36-7-11(18(33)34)23-13(25)4-2-9(20)17(31)32/h8-11H,1-7,19-20H2,(H,21,28)(H,22,24)(H,23,25)(H,26,27)(H,29,30)(H,31,32)(H,33,34)/t8-,9-,10-,11-/m0/s1. The molecule has 0 rings (SSSR count). The van der Waals surface area contributed by atoms with E-state index in [-0.39, 0.29) is 37.2 Å². The summed E-state index contributed by atoms with van der Waals surface area (Å²) < 4.78 is 0. The number of carboxylic acids is 4. The van der Waals surface area contributed by atoms with Gasteiger partial charge >= 0.3 is 23.9 Å². The topological polar surface area (TPSA) is 289 Å².